The van der Waals surface area contributed by atoms with Crippen molar-refractivity contribution in [3.8, 4) is 0 Å². The number of thiazole rings is 1. The number of rotatable bonds is 3. The lowest BCUT2D eigenvalue weighted by Crippen LogP contribution is -2.36. The number of aromatic nitrogens is 1. The van der Waals surface area contributed by atoms with Gasteiger partial charge in [0.15, 0.2) is 5.13 Å². The number of piperidine rings is 1. The molecule has 1 fully saturated rings. The maximum atomic E-state index is 12.4. The highest BCUT2D eigenvalue weighted by Gasteiger charge is 2.22. The number of nitrogens with zero attached hydrogens (tertiary/aromatic N) is 2. The lowest BCUT2D eigenvalue weighted by Gasteiger charge is -2.28. The van der Waals surface area contributed by atoms with E-state index >= 15 is 0 Å². The molecular formula is C17H19N3OS. The zero-order chi connectivity index (χ0) is 15.4. The van der Waals surface area contributed by atoms with Gasteiger partial charge in [-0.2, -0.15) is 0 Å². The normalized spacial score (nSPS) is 14.8. The van der Waals surface area contributed by atoms with Crippen LogP contribution in [0.3, 0.4) is 0 Å². The Balaban J connectivity index is 1.62. The molecular weight excluding hydrogens is 294 g/mol. The molecule has 1 N–H and O–H groups in total. The third-order valence-corrected chi connectivity index (χ3v) is 4.66. The molecule has 5 heteroatoms. The predicted molar refractivity (Wildman–Crippen MR) is 91.2 cm³/mol. The molecule has 1 aromatic carbocycles. The van der Waals surface area contributed by atoms with Gasteiger partial charge in [0.1, 0.15) is 5.69 Å². The Hall–Kier alpha value is -2.14. The smallest absolute Gasteiger partial charge is 0.273 e. The SMILES string of the molecule is CNc1nc(C(=O)N2CCC(=Cc3ccccc3)CC2)cs1. The van der Waals surface area contributed by atoms with Crippen molar-refractivity contribution in [2.24, 2.45) is 0 Å². The second kappa shape index (κ2) is 6.75. The fourth-order valence-electron chi connectivity index (χ4n) is 2.58. The number of likely N-dealkylation sites (tertiary alicyclic amines) is 1. The third-order valence-electron chi connectivity index (χ3n) is 3.80. The van der Waals surface area contributed by atoms with Crippen molar-refractivity contribution in [2.75, 3.05) is 25.5 Å². The maximum Gasteiger partial charge on any atom is 0.273 e. The molecule has 114 valence electrons. The first-order chi connectivity index (χ1) is 10.8. The summed E-state index contributed by atoms with van der Waals surface area (Å²) >= 11 is 1.46. The van der Waals surface area contributed by atoms with Crippen LogP contribution in [0.5, 0.6) is 0 Å². The molecule has 1 aliphatic heterocycles. The van der Waals surface area contributed by atoms with Gasteiger partial charge in [-0.25, -0.2) is 4.98 Å². The molecule has 0 bridgehead atoms. The topological polar surface area (TPSA) is 45.2 Å². The summed E-state index contributed by atoms with van der Waals surface area (Å²) in [5.41, 5.74) is 3.18. The zero-order valence-corrected chi connectivity index (χ0v) is 13.4. The lowest BCUT2D eigenvalue weighted by molar-refractivity contribution is 0.0739. The van der Waals surface area contributed by atoms with E-state index in [0.29, 0.717) is 5.69 Å². The van der Waals surface area contributed by atoms with E-state index in [2.05, 4.69) is 28.5 Å². The van der Waals surface area contributed by atoms with E-state index in [1.54, 1.807) is 0 Å². The van der Waals surface area contributed by atoms with Gasteiger partial charge in [-0.1, -0.05) is 42.0 Å². The highest BCUT2D eigenvalue weighted by Crippen LogP contribution is 2.22. The van der Waals surface area contributed by atoms with Crippen LogP contribution < -0.4 is 5.32 Å². The molecule has 0 radical (unpaired) electrons. The summed E-state index contributed by atoms with van der Waals surface area (Å²) in [6, 6.07) is 10.3. The molecule has 2 heterocycles. The summed E-state index contributed by atoms with van der Waals surface area (Å²) in [7, 11) is 1.81. The largest absolute Gasteiger partial charge is 0.365 e. The van der Waals surface area contributed by atoms with E-state index in [1.807, 2.05) is 35.5 Å². The van der Waals surface area contributed by atoms with Crippen molar-refractivity contribution < 1.29 is 4.79 Å². The number of anilines is 1. The van der Waals surface area contributed by atoms with Gasteiger partial charge in [0.05, 0.1) is 0 Å². The second-order valence-electron chi connectivity index (χ2n) is 5.29. The third kappa shape index (κ3) is 3.36. The highest BCUT2D eigenvalue weighted by molar-refractivity contribution is 7.13. The van der Waals surface area contributed by atoms with Crippen LogP contribution in [0.2, 0.25) is 0 Å². The molecule has 0 spiro atoms. The van der Waals surface area contributed by atoms with Crippen LogP contribution in [0.1, 0.15) is 28.9 Å². The van der Waals surface area contributed by atoms with Crippen molar-refractivity contribution >= 4 is 28.5 Å². The first kappa shape index (κ1) is 14.8. The van der Waals surface area contributed by atoms with Gasteiger partial charge >= 0.3 is 0 Å². The van der Waals surface area contributed by atoms with Gasteiger partial charge in [0.2, 0.25) is 0 Å². The number of hydrogen-bond acceptors (Lipinski definition) is 4. The Labute approximate surface area is 134 Å². The lowest BCUT2D eigenvalue weighted by atomic mass is 10.0. The number of hydrogen-bond donors (Lipinski definition) is 1. The Morgan fingerprint density at radius 2 is 2.00 bits per heavy atom. The molecule has 22 heavy (non-hydrogen) atoms. The first-order valence-electron chi connectivity index (χ1n) is 7.43. The number of nitrogens with one attached hydrogen (secondary N) is 1. The van der Waals surface area contributed by atoms with Gasteiger partial charge in [0, 0.05) is 25.5 Å². The summed E-state index contributed by atoms with van der Waals surface area (Å²) < 4.78 is 0. The van der Waals surface area contributed by atoms with E-state index in [-0.39, 0.29) is 5.91 Å². The number of carbonyl (C=O) groups is 1. The van der Waals surface area contributed by atoms with E-state index in [9.17, 15) is 4.79 Å². The van der Waals surface area contributed by atoms with Gasteiger partial charge in [0.25, 0.3) is 5.91 Å². The summed E-state index contributed by atoms with van der Waals surface area (Å²) in [4.78, 5) is 18.6. The van der Waals surface area contributed by atoms with Crippen molar-refractivity contribution in [3.05, 3.63) is 52.5 Å². The monoisotopic (exact) mass is 313 g/mol. The van der Waals surface area contributed by atoms with Crippen LogP contribution in [-0.2, 0) is 0 Å². The van der Waals surface area contributed by atoms with E-state index in [1.165, 1.54) is 22.5 Å². The average molecular weight is 313 g/mol. The minimum absolute atomic E-state index is 0.0384. The Morgan fingerprint density at radius 3 is 2.64 bits per heavy atom. The molecule has 0 saturated carbocycles. The van der Waals surface area contributed by atoms with Crippen molar-refractivity contribution in [1.82, 2.24) is 9.88 Å². The van der Waals surface area contributed by atoms with Crippen LogP contribution in [-0.4, -0.2) is 35.9 Å². The Bertz CT molecular complexity index is 668. The standard InChI is InChI=1S/C17H19N3OS/c1-18-17-19-15(12-22-17)16(21)20-9-7-14(8-10-20)11-13-5-3-2-4-6-13/h2-6,11-12H,7-10H2,1H3,(H,18,19). The zero-order valence-electron chi connectivity index (χ0n) is 12.6. The summed E-state index contributed by atoms with van der Waals surface area (Å²) in [6.45, 7) is 1.54. The van der Waals surface area contributed by atoms with Crippen LogP contribution in [0.15, 0.2) is 41.3 Å². The van der Waals surface area contributed by atoms with Crippen LogP contribution in [0.4, 0.5) is 5.13 Å². The van der Waals surface area contributed by atoms with E-state index in [4.69, 9.17) is 0 Å². The van der Waals surface area contributed by atoms with Gasteiger partial charge in [-0.15, -0.1) is 11.3 Å². The summed E-state index contributed by atoms with van der Waals surface area (Å²) in [5, 5.41) is 5.57. The van der Waals surface area contributed by atoms with Crippen molar-refractivity contribution in [3.63, 3.8) is 0 Å². The van der Waals surface area contributed by atoms with Crippen molar-refractivity contribution in [2.45, 2.75) is 12.8 Å². The molecule has 1 aliphatic rings. The molecule has 1 amide bonds. The predicted octanol–water partition coefficient (Wildman–Crippen LogP) is 3.50. The molecule has 2 aromatic rings. The fourth-order valence-corrected chi connectivity index (χ4v) is 3.22. The van der Waals surface area contributed by atoms with Crippen LogP contribution in [0.25, 0.3) is 6.08 Å². The average Bonchev–Trinajstić information content (AvgIpc) is 3.05. The summed E-state index contributed by atoms with van der Waals surface area (Å²) in [6.07, 6.45) is 4.11. The minimum atomic E-state index is 0.0384. The molecule has 3 rings (SSSR count). The quantitative estimate of drug-likeness (QED) is 0.943. The molecule has 4 nitrogen and oxygen atoms in total. The minimum Gasteiger partial charge on any atom is -0.365 e. The second-order valence-corrected chi connectivity index (χ2v) is 6.15. The maximum absolute atomic E-state index is 12.4. The molecule has 1 aromatic heterocycles. The van der Waals surface area contributed by atoms with Gasteiger partial charge in [-0.3, -0.25) is 4.79 Å². The van der Waals surface area contributed by atoms with E-state index < -0.39 is 0 Å². The number of amides is 1. The van der Waals surface area contributed by atoms with Crippen LogP contribution >= 0.6 is 11.3 Å². The molecule has 1 saturated heterocycles. The van der Waals surface area contributed by atoms with E-state index in [0.717, 1.165) is 31.1 Å². The first-order valence-corrected chi connectivity index (χ1v) is 8.31. The van der Waals surface area contributed by atoms with Crippen LogP contribution in [0, 0.1) is 0 Å². The Kier molecular flexibility index (Phi) is 4.53. The Morgan fingerprint density at radius 1 is 1.27 bits per heavy atom. The molecule has 0 unspecified atom stereocenters. The number of carbonyl (C=O) groups excluding carboxylic acids is 1. The van der Waals surface area contributed by atoms with Crippen molar-refractivity contribution in [1.29, 1.82) is 0 Å². The fraction of sp³-hybridized carbons (Fsp3) is 0.294. The summed E-state index contributed by atoms with van der Waals surface area (Å²) in [5.74, 6) is 0.0384. The number of benzene rings is 1. The molecule has 0 aliphatic carbocycles. The highest BCUT2D eigenvalue weighted by atomic mass is 32.1. The van der Waals surface area contributed by atoms with Gasteiger partial charge < -0.3 is 10.2 Å². The molecule has 0 atom stereocenters. The van der Waals surface area contributed by atoms with Gasteiger partial charge in [-0.05, 0) is 18.4 Å².